The molecule has 0 aromatic heterocycles. The van der Waals surface area contributed by atoms with Crippen LogP contribution in [0.4, 0.5) is 0 Å². The fraction of sp³-hybridized carbons (Fsp3) is 0.500. The maximum Gasteiger partial charge on any atom is 0.300 e. The van der Waals surface area contributed by atoms with E-state index in [9.17, 15) is 0 Å². The number of carbonyl (C=O) groups is 4. The van der Waals surface area contributed by atoms with Crippen molar-refractivity contribution in [3.05, 3.63) is 0 Å². The molecule has 4 N–H and O–H groups in total. The molecule has 0 saturated heterocycles. The van der Waals surface area contributed by atoms with E-state index in [1.54, 1.807) is 0 Å². The normalized spacial score (nSPS) is 5.56. The summed E-state index contributed by atoms with van der Waals surface area (Å²) in [6.07, 6.45) is 0. The van der Waals surface area contributed by atoms with E-state index in [2.05, 4.69) is 0 Å². The van der Waals surface area contributed by atoms with Gasteiger partial charge in [-0.05, 0) is 0 Å². The van der Waals surface area contributed by atoms with Gasteiger partial charge in [0.25, 0.3) is 23.9 Å². The van der Waals surface area contributed by atoms with Gasteiger partial charge in [-0.25, -0.2) is 0 Å². The van der Waals surface area contributed by atoms with Crippen LogP contribution in [0.1, 0.15) is 27.7 Å². The number of carboxylic acid groups (broad SMARTS) is 4. The van der Waals surface area contributed by atoms with Crippen LogP contribution in [0.25, 0.3) is 0 Å². The summed E-state index contributed by atoms with van der Waals surface area (Å²) in [6, 6.07) is 0. The van der Waals surface area contributed by atoms with E-state index >= 15 is 0 Å². The maximum atomic E-state index is 9.00. The van der Waals surface area contributed by atoms with Gasteiger partial charge < -0.3 is 20.4 Å². The van der Waals surface area contributed by atoms with Gasteiger partial charge in [-0.2, -0.15) is 0 Å². The molecule has 0 rings (SSSR count). The van der Waals surface area contributed by atoms with Gasteiger partial charge >= 0.3 is 0 Å². The van der Waals surface area contributed by atoms with Crippen LogP contribution in [0.2, 0.25) is 0 Å². The van der Waals surface area contributed by atoms with Gasteiger partial charge in [0.2, 0.25) is 0 Å². The molecule has 2 radical (unpaired) electrons. The Morgan fingerprint density at radius 3 is 0.500 bits per heavy atom. The zero-order chi connectivity index (χ0) is 14.3. The molecule has 0 aromatic carbocycles. The van der Waals surface area contributed by atoms with Crippen LogP contribution in [-0.2, 0) is 19.2 Å². The number of aliphatic carboxylic acids is 4. The van der Waals surface area contributed by atoms with E-state index in [0.29, 0.717) is 0 Å². The molecule has 98 valence electrons. The second kappa shape index (κ2) is 30.9. The van der Waals surface area contributed by atoms with E-state index in [1.165, 1.54) is 0 Å². The van der Waals surface area contributed by atoms with Gasteiger partial charge in [-0.15, -0.1) is 0 Å². The molecule has 0 atom stereocenters. The van der Waals surface area contributed by atoms with Crippen molar-refractivity contribution in [1.82, 2.24) is 0 Å². The summed E-state index contributed by atoms with van der Waals surface area (Å²) in [6.45, 7) is 4.33. The van der Waals surface area contributed by atoms with Gasteiger partial charge in [-0.1, -0.05) is 0 Å². The zero-order valence-corrected chi connectivity index (χ0v) is 17.7. The Morgan fingerprint density at radius 2 is 0.500 bits per heavy atom. The van der Waals surface area contributed by atoms with Gasteiger partial charge in [0.05, 0.1) is 0 Å². The Bertz CT molecular complexity index is 165. The first-order chi connectivity index (χ1) is 6.93. The van der Waals surface area contributed by atoms with Gasteiger partial charge in [0.1, 0.15) is 0 Å². The molecule has 0 aliphatic heterocycles. The Hall–Kier alpha value is 1.15. The average molecular weight is 318 g/mol. The molecule has 0 aromatic rings. The van der Waals surface area contributed by atoms with Crippen molar-refractivity contribution in [2.75, 3.05) is 0 Å². The second-order valence-corrected chi connectivity index (χ2v) is 2.08. The summed E-state index contributed by atoms with van der Waals surface area (Å²) >= 11 is 0. The third-order valence-electron chi connectivity index (χ3n) is 0. The molecule has 0 aliphatic carbocycles. The first kappa shape index (κ1) is 36.5. The van der Waals surface area contributed by atoms with Crippen LogP contribution >= 0.6 is 0 Å². The molecule has 0 aliphatic rings. The van der Waals surface area contributed by atoms with E-state index < -0.39 is 23.9 Å². The molecule has 18 heavy (non-hydrogen) atoms. The summed E-state index contributed by atoms with van der Waals surface area (Å²) in [5.74, 6) is -3.33. The second-order valence-electron chi connectivity index (χ2n) is 2.08. The average Bonchev–Trinajstić information content (AvgIpc) is 1.76. The molecular weight excluding hydrogens is 302 g/mol. The molecular formula is C8H16K2O8. The van der Waals surface area contributed by atoms with Crippen molar-refractivity contribution in [2.24, 2.45) is 0 Å². The molecule has 0 saturated carbocycles. The molecule has 0 bridgehead atoms. The summed E-state index contributed by atoms with van der Waals surface area (Å²) < 4.78 is 0. The van der Waals surface area contributed by atoms with Crippen LogP contribution in [0.3, 0.4) is 0 Å². The molecule has 8 nitrogen and oxygen atoms in total. The van der Waals surface area contributed by atoms with Crippen molar-refractivity contribution in [2.45, 2.75) is 27.7 Å². The van der Waals surface area contributed by atoms with Crippen LogP contribution < -0.4 is 0 Å². The molecule has 0 amide bonds. The monoisotopic (exact) mass is 318 g/mol. The fourth-order valence-electron chi connectivity index (χ4n) is 0. The Kier molecular flexibility index (Phi) is 62.6. The fourth-order valence-corrected chi connectivity index (χ4v) is 0. The third-order valence-corrected chi connectivity index (χ3v) is 0. The molecule has 0 unspecified atom stereocenters. The SMILES string of the molecule is CC(=O)O.CC(=O)O.CC(=O)O.CC(=O)O.[K].[K]. The minimum Gasteiger partial charge on any atom is -0.481 e. The summed E-state index contributed by atoms with van der Waals surface area (Å²) in [4.78, 5) is 36.0. The van der Waals surface area contributed by atoms with Crippen LogP contribution in [0, 0.1) is 0 Å². The van der Waals surface area contributed by atoms with Crippen molar-refractivity contribution in [1.29, 1.82) is 0 Å². The van der Waals surface area contributed by atoms with E-state index in [0.717, 1.165) is 27.7 Å². The Labute approximate surface area is 190 Å². The first-order valence-corrected chi connectivity index (χ1v) is 3.71. The van der Waals surface area contributed by atoms with Crippen LogP contribution in [0.15, 0.2) is 0 Å². The number of rotatable bonds is 0. The van der Waals surface area contributed by atoms with Gasteiger partial charge in [-0.3, -0.25) is 19.2 Å². The van der Waals surface area contributed by atoms with Crippen LogP contribution in [-0.4, -0.2) is 147 Å². The third kappa shape index (κ3) is 3370. The topological polar surface area (TPSA) is 149 Å². The van der Waals surface area contributed by atoms with E-state index in [1.807, 2.05) is 0 Å². The largest absolute Gasteiger partial charge is 0.481 e. The predicted octanol–water partition coefficient (Wildman–Crippen LogP) is -0.398. The predicted molar refractivity (Wildman–Crippen MR) is 64.7 cm³/mol. The van der Waals surface area contributed by atoms with E-state index in [-0.39, 0.29) is 103 Å². The van der Waals surface area contributed by atoms with E-state index in [4.69, 9.17) is 39.6 Å². The zero-order valence-electron chi connectivity index (χ0n) is 11.4. The summed E-state index contributed by atoms with van der Waals surface area (Å²) in [5.41, 5.74) is 0. The number of hydrogen-bond donors (Lipinski definition) is 4. The number of hydrogen-bond acceptors (Lipinski definition) is 4. The van der Waals surface area contributed by atoms with Crippen molar-refractivity contribution >= 4 is 127 Å². The maximum absolute atomic E-state index is 9.00. The number of carboxylic acids is 4. The molecule has 0 fully saturated rings. The van der Waals surface area contributed by atoms with Crippen LogP contribution in [0.5, 0.6) is 0 Å². The summed E-state index contributed by atoms with van der Waals surface area (Å²) in [5, 5.41) is 29.7. The molecule has 0 spiro atoms. The van der Waals surface area contributed by atoms with Crippen molar-refractivity contribution in [3.8, 4) is 0 Å². The van der Waals surface area contributed by atoms with Crippen molar-refractivity contribution < 1.29 is 39.6 Å². The minimum atomic E-state index is -0.833. The van der Waals surface area contributed by atoms with Gasteiger partial charge in [0.15, 0.2) is 0 Å². The summed E-state index contributed by atoms with van der Waals surface area (Å²) in [7, 11) is 0. The molecule has 0 heterocycles. The van der Waals surface area contributed by atoms with Crippen molar-refractivity contribution in [3.63, 3.8) is 0 Å². The smallest absolute Gasteiger partial charge is 0.300 e. The Morgan fingerprint density at radius 1 is 0.500 bits per heavy atom. The first-order valence-electron chi connectivity index (χ1n) is 3.71. The van der Waals surface area contributed by atoms with Gasteiger partial charge in [0, 0.05) is 130 Å². The standard InChI is InChI=1S/4C2H4O2.2K/c4*1-2(3)4;;/h4*1H3,(H,3,4);;. The quantitative estimate of drug-likeness (QED) is 0.441. The Balaban J connectivity index is -0.0000000257. The minimum absolute atomic E-state index is 0. The molecule has 10 heteroatoms.